The van der Waals surface area contributed by atoms with Gasteiger partial charge in [0.2, 0.25) is 0 Å². The Labute approximate surface area is 149 Å². The molecule has 25 heavy (non-hydrogen) atoms. The van der Waals surface area contributed by atoms with Gasteiger partial charge in [-0.2, -0.15) is 0 Å². The van der Waals surface area contributed by atoms with Gasteiger partial charge < -0.3 is 10.2 Å². The normalized spacial score (nSPS) is 20.0. The number of hydrogen-bond acceptors (Lipinski definition) is 3. The number of nitrogens with zero attached hydrogens (tertiary/aromatic N) is 2. The van der Waals surface area contributed by atoms with Crippen LogP contribution in [0.15, 0.2) is 42.6 Å². The summed E-state index contributed by atoms with van der Waals surface area (Å²) in [5, 5.41) is 3.21. The summed E-state index contributed by atoms with van der Waals surface area (Å²) in [5.74, 6) is 0.974. The topological polar surface area (TPSA) is 45.2 Å². The highest BCUT2D eigenvalue weighted by Gasteiger charge is 2.19. The van der Waals surface area contributed by atoms with E-state index in [2.05, 4.69) is 39.5 Å². The number of carbonyl (C=O) groups excluding carboxylic acids is 1. The van der Waals surface area contributed by atoms with Crippen molar-refractivity contribution in [2.45, 2.75) is 44.6 Å². The van der Waals surface area contributed by atoms with E-state index in [1.807, 2.05) is 12.1 Å². The van der Waals surface area contributed by atoms with Gasteiger partial charge in [-0.25, -0.2) is 4.98 Å². The molecule has 4 rings (SSSR count). The highest BCUT2D eigenvalue weighted by Crippen LogP contribution is 2.21. The molecule has 1 saturated heterocycles. The first-order valence-electron chi connectivity index (χ1n) is 9.38. The van der Waals surface area contributed by atoms with E-state index in [0.717, 1.165) is 44.6 Å². The lowest BCUT2D eigenvalue weighted by atomic mass is 10.0. The van der Waals surface area contributed by atoms with Gasteiger partial charge in [0.1, 0.15) is 5.82 Å². The predicted molar refractivity (Wildman–Crippen MR) is 100 cm³/mol. The van der Waals surface area contributed by atoms with Crippen LogP contribution in [-0.4, -0.2) is 30.0 Å². The van der Waals surface area contributed by atoms with Crippen LogP contribution in [0.4, 0.5) is 5.82 Å². The molecule has 1 amide bonds. The molecule has 2 aromatic rings. The molecule has 0 radical (unpaired) electrons. The van der Waals surface area contributed by atoms with Crippen LogP contribution in [0.3, 0.4) is 0 Å². The average molecular weight is 335 g/mol. The van der Waals surface area contributed by atoms with Crippen LogP contribution in [0.25, 0.3) is 0 Å². The zero-order chi connectivity index (χ0) is 17.1. The largest absolute Gasteiger partial charge is 0.357 e. The first kappa shape index (κ1) is 16.1. The smallest absolute Gasteiger partial charge is 0.253 e. The van der Waals surface area contributed by atoms with Gasteiger partial charge in [-0.3, -0.25) is 4.79 Å². The zero-order valence-corrected chi connectivity index (χ0v) is 14.6. The van der Waals surface area contributed by atoms with Crippen LogP contribution in [0.2, 0.25) is 0 Å². The predicted octanol–water partition coefficient (Wildman–Crippen LogP) is 3.36. The molecule has 0 spiro atoms. The van der Waals surface area contributed by atoms with Gasteiger partial charge >= 0.3 is 0 Å². The molecule has 1 aromatic heterocycles. The molecule has 1 aliphatic heterocycles. The number of benzene rings is 1. The molecular weight excluding hydrogens is 310 g/mol. The second-order valence-electron chi connectivity index (χ2n) is 7.13. The van der Waals surface area contributed by atoms with Crippen LogP contribution < -0.4 is 10.2 Å². The van der Waals surface area contributed by atoms with Gasteiger partial charge in [0.15, 0.2) is 0 Å². The number of pyridine rings is 1. The second-order valence-corrected chi connectivity index (χ2v) is 7.13. The highest BCUT2D eigenvalue weighted by atomic mass is 16.1. The summed E-state index contributed by atoms with van der Waals surface area (Å²) in [6, 6.07) is 12.7. The van der Waals surface area contributed by atoms with Gasteiger partial charge in [0, 0.05) is 25.3 Å². The monoisotopic (exact) mass is 335 g/mol. The molecule has 0 saturated carbocycles. The number of fused-ring (bicyclic) bond motifs is 1. The van der Waals surface area contributed by atoms with Crippen molar-refractivity contribution in [1.29, 1.82) is 0 Å². The Morgan fingerprint density at radius 2 is 1.84 bits per heavy atom. The molecule has 1 N–H and O–H groups in total. The van der Waals surface area contributed by atoms with Crippen molar-refractivity contribution >= 4 is 11.7 Å². The Morgan fingerprint density at radius 1 is 1.04 bits per heavy atom. The van der Waals surface area contributed by atoms with Gasteiger partial charge in [-0.15, -0.1) is 0 Å². The van der Waals surface area contributed by atoms with Gasteiger partial charge in [0.25, 0.3) is 5.91 Å². The summed E-state index contributed by atoms with van der Waals surface area (Å²) in [4.78, 5) is 19.4. The minimum absolute atomic E-state index is 0.00940. The molecule has 4 nitrogen and oxygen atoms in total. The average Bonchev–Trinajstić information content (AvgIpc) is 3.10. The Bertz CT molecular complexity index is 735. The summed E-state index contributed by atoms with van der Waals surface area (Å²) in [6.07, 6.45) is 8.34. The maximum atomic E-state index is 12.6. The number of nitrogens with one attached hydrogen (secondary N) is 1. The maximum Gasteiger partial charge on any atom is 0.253 e. The molecule has 1 aliphatic carbocycles. The van der Waals surface area contributed by atoms with Crippen molar-refractivity contribution in [2.24, 2.45) is 0 Å². The fraction of sp³-hybridized carbons (Fsp3) is 0.429. The molecule has 2 aliphatic rings. The number of rotatable bonds is 3. The van der Waals surface area contributed by atoms with E-state index in [4.69, 9.17) is 0 Å². The number of aryl methyl sites for hydroxylation is 1. The summed E-state index contributed by atoms with van der Waals surface area (Å²) < 4.78 is 0. The minimum atomic E-state index is -0.00940. The van der Waals surface area contributed by atoms with Crippen molar-refractivity contribution in [3.63, 3.8) is 0 Å². The fourth-order valence-electron chi connectivity index (χ4n) is 3.95. The maximum absolute atomic E-state index is 12.6. The van der Waals surface area contributed by atoms with E-state index in [0.29, 0.717) is 5.56 Å². The summed E-state index contributed by atoms with van der Waals surface area (Å²) in [7, 11) is 0. The third-order valence-corrected chi connectivity index (χ3v) is 5.36. The molecule has 1 atom stereocenters. The van der Waals surface area contributed by atoms with Crippen molar-refractivity contribution in [3.8, 4) is 0 Å². The Balaban J connectivity index is 1.41. The summed E-state index contributed by atoms with van der Waals surface area (Å²) >= 11 is 0. The first-order valence-corrected chi connectivity index (χ1v) is 9.38. The SMILES string of the molecule is O=C(NC1CCCc2ccccc2C1)c1ccc(N2CCCC2)nc1. The standard InChI is InChI=1S/C21H25N3O/c25-21(18-10-11-20(22-15-18)24-12-3-4-13-24)23-19-9-5-8-16-6-1-2-7-17(16)14-19/h1-2,6-7,10-11,15,19H,3-5,8-9,12-14H2,(H,23,25). The van der Waals surface area contributed by atoms with Crippen LogP contribution in [0, 0.1) is 0 Å². The summed E-state index contributed by atoms with van der Waals surface area (Å²) in [6.45, 7) is 2.14. The van der Waals surface area contributed by atoms with Gasteiger partial charge in [-0.1, -0.05) is 24.3 Å². The zero-order valence-electron chi connectivity index (χ0n) is 14.6. The number of anilines is 1. The van der Waals surface area contributed by atoms with Crippen molar-refractivity contribution in [3.05, 3.63) is 59.3 Å². The van der Waals surface area contributed by atoms with E-state index >= 15 is 0 Å². The molecule has 130 valence electrons. The van der Waals surface area contributed by atoms with E-state index in [1.54, 1.807) is 6.20 Å². The molecule has 1 unspecified atom stereocenters. The number of amides is 1. The number of aromatic nitrogens is 1. The molecule has 0 bridgehead atoms. The minimum Gasteiger partial charge on any atom is -0.357 e. The Hall–Kier alpha value is -2.36. The van der Waals surface area contributed by atoms with Crippen LogP contribution in [0.5, 0.6) is 0 Å². The second kappa shape index (κ2) is 7.26. The van der Waals surface area contributed by atoms with Crippen molar-refractivity contribution in [1.82, 2.24) is 10.3 Å². The van der Waals surface area contributed by atoms with E-state index < -0.39 is 0 Å². The van der Waals surface area contributed by atoms with Crippen LogP contribution >= 0.6 is 0 Å². The number of carbonyl (C=O) groups is 1. The number of hydrogen-bond donors (Lipinski definition) is 1. The molecule has 1 aromatic carbocycles. The quantitative estimate of drug-likeness (QED) is 0.875. The Kier molecular flexibility index (Phi) is 4.68. The lowest BCUT2D eigenvalue weighted by Gasteiger charge is -2.18. The van der Waals surface area contributed by atoms with E-state index in [9.17, 15) is 4.79 Å². The van der Waals surface area contributed by atoms with Crippen molar-refractivity contribution in [2.75, 3.05) is 18.0 Å². The molecular formula is C21H25N3O. The van der Waals surface area contributed by atoms with Crippen LogP contribution in [-0.2, 0) is 12.8 Å². The third kappa shape index (κ3) is 3.68. The van der Waals surface area contributed by atoms with Gasteiger partial charge in [-0.05, 0) is 61.8 Å². The lowest BCUT2D eigenvalue weighted by molar-refractivity contribution is 0.0934. The Morgan fingerprint density at radius 3 is 2.60 bits per heavy atom. The third-order valence-electron chi connectivity index (χ3n) is 5.36. The van der Waals surface area contributed by atoms with Crippen LogP contribution in [0.1, 0.15) is 47.2 Å². The van der Waals surface area contributed by atoms with Gasteiger partial charge in [0.05, 0.1) is 5.56 Å². The van der Waals surface area contributed by atoms with Crippen molar-refractivity contribution < 1.29 is 4.79 Å². The molecule has 4 heteroatoms. The summed E-state index contributed by atoms with van der Waals surface area (Å²) in [5.41, 5.74) is 3.45. The highest BCUT2D eigenvalue weighted by molar-refractivity contribution is 5.94. The fourth-order valence-corrected chi connectivity index (χ4v) is 3.95. The van der Waals surface area contributed by atoms with E-state index in [-0.39, 0.29) is 11.9 Å². The van der Waals surface area contributed by atoms with E-state index in [1.165, 1.54) is 24.0 Å². The first-order chi connectivity index (χ1) is 12.3. The molecule has 2 heterocycles. The molecule has 1 fully saturated rings. The lowest BCUT2D eigenvalue weighted by Crippen LogP contribution is -2.36.